The lowest BCUT2D eigenvalue weighted by Crippen LogP contribution is -2.20. The van der Waals surface area contributed by atoms with E-state index in [1.54, 1.807) is 7.05 Å². The van der Waals surface area contributed by atoms with Crippen molar-refractivity contribution in [3.8, 4) is 6.07 Å². The first kappa shape index (κ1) is 15.0. The van der Waals surface area contributed by atoms with Crippen molar-refractivity contribution in [2.45, 2.75) is 6.04 Å². The van der Waals surface area contributed by atoms with Gasteiger partial charge in [0.15, 0.2) is 11.9 Å². The molecule has 1 unspecified atom stereocenters. The first-order chi connectivity index (χ1) is 9.93. The van der Waals surface area contributed by atoms with Crippen molar-refractivity contribution in [1.29, 1.82) is 5.26 Å². The maximum atomic E-state index is 14.1. The second-order valence-corrected chi connectivity index (χ2v) is 5.06. The molecule has 0 radical (unpaired) electrons. The number of nitrogens with one attached hydrogen (secondary N) is 1. The Labute approximate surface area is 127 Å². The summed E-state index contributed by atoms with van der Waals surface area (Å²) in [5, 5.41) is 24.6. The third kappa shape index (κ3) is 3.03. The number of benzene rings is 1. The normalized spacial score (nSPS) is 11.7. The minimum absolute atomic E-state index is 0.00896. The van der Waals surface area contributed by atoms with Crippen LogP contribution in [-0.2, 0) is 11.8 Å². The number of aromatic nitrogens is 2. The van der Waals surface area contributed by atoms with Gasteiger partial charge in [0.1, 0.15) is 6.07 Å². The van der Waals surface area contributed by atoms with Gasteiger partial charge in [-0.1, -0.05) is 0 Å². The molecule has 0 amide bonds. The predicted octanol–water partition coefficient (Wildman–Crippen LogP) is 2.43. The fraction of sp³-hybridized carbons (Fsp3) is 0.154. The van der Waals surface area contributed by atoms with Gasteiger partial charge in [-0.15, -0.1) is 0 Å². The van der Waals surface area contributed by atoms with Crippen LogP contribution >= 0.6 is 15.9 Å². The second kappa shape index (κ2) is 5.93. The van der Waals surface area contributed by atoms with Gasteiger partial charge < -0.3 is 10.4 Å². The Morgan fingerprint density at radius 2 is 2.33 bits per heavy atom. The number of carboxylic acids is 1. The lowest BCUT2D eigenvalue weighted by atomic mass is 10.1. The Bertz CT molecular complexity index is 738. The van der Waals surface area contributed by atoms with Gasteiger partial charge in [0.05, 0.1) is 21.9 Å². The molecule has 0 aliphatic rings. The zero-order valence-electron chi connectivity index (χ0n) is 10.8. The van der Waals surface area contributed by atoms with Crippen LogP contribution in [0.15, 0.2) is 29.0 Å². The van der Waals surface area contributed by atoms with Crippen LogP contribution in [0.2, 0.25) is 0 Å². The summed E-state index contributed by atoms with van der Waals surface area (Å²) in [4.78, 5) is 11.3. The largest absolute Gasteiger partial charge is 0.479 e. The van der Waals surface area contributed by atoms with E-state index in [0.29, 0.717) is 5.56 Å². The maximum absolute atomic E-state index is 14.1. The highest BCUT2D eigenvalue weighted by atomic mass is 79.9. The zero-order chi connectivity index (χ0) is 15.6. The molecule has 0 saturated carbocycles. The highest BCUT2D eigenvalue weighted by molar-refractivity contribution is 9.10. The number of hydrogen-bond acceptors (Lipinski definition) is 4. The molecule has 1 atom stereocenters. The lowest BCUT2D eigenvalue weighted by Gasteiger charge is -2.15. The summed E-state index contributed by atoms with van der Waals surface area (Å²) < 4.78 is 15.6. The minimum atomic E-state index is -1.16. The molecule has 108 valence electrons. The number of nitrogens with zero attached hydrogens (tertiary/aromatic N) is 3. The molecule has 0 fully saturated rings. The van der Waals surface area contributed by atoms with E-state index < -0.39 is 17.8 Å². The monoisotopic (exact) mass is 352 g/mol. The number of nitriles is 1. The molecule has 0 aliphatic heterocycles. The van der Waals surface area contributed by atoms with Crippen LogP contribution < -0.4 is 5.32 Å². The van der Waals surface area contributed by atoms with Gasteiger partial charge in [-0.2, -0.15) is 10.4 Å². The van der Waals surface area contributed by atoms with Crippen LogP contribution in [0, 0.1) is 17.1 Å². The Morgan fingerprint density at radius 3 is 2.86 bits per heavy atom. The van der Waals surface area contributed by atoms with Crippen LogP contribution in [0.1, 0.15) is 17.2 Å². The van der Waals surface area contributed by atoms with E-state index in [1.807, 2.05) is 6.07 Å². The molecule has 0 aliphatic carbocycles. The van der Waals surface area contributed by atoms with E-state index in [1.165, 1.54) is 29.2 Å². The second-order valence-electron chi connectivity index (χ2n) is 4.26. The molecule has 21 heavy (non-hydrogen) atoms. The van der Waals surface area contributed by atoms with Crippen molar-refractivity contribution in [2.75, 3.05) is 5.32 Å². The first-order valence-corrected chi connectivity index (χ1v) is 6.59. The van der Waals surface area contributed by atoms with E-state index in [0.717, 1.165) is 0 Å². The molecule has 0 spiro atoms. The van der Waals surface area contributed by atoms with Crippen LogP contribution in [0.3, 0.4) is 0 Å². The number of rotatable bonds is 4. The molecule has 1 heterocycles. The highest BCUT2D eigenvalue weighted by Gasteiger charge is 2.23. The van der Waals surface area contributed by atoms with Gasteiger partial charge >= 0.3 is 5.97 Å². The van der Waals surface area contributed by atoms with E-state index >= 15 is 0 Å². The predicted molar refractivity (Wildman–Crippen MR) is 76.0 cm³/mol. The molecule has 6 nitrogen and oxygen atoms in total. The summed E-state index contributed by atoms with van der Waals surface area (Å²) in [7, 11) is 1.65. The third-order valence-corrected chi connectivity index (χ3v) is 3.58. The molecule has 8 heteroatoms. The molecular formula is C13H10BrFN4O2. The number of aryl methyl sites for hydroxylation is 1. The lowest BCUT2D eigenvalue weighted by molar-refractivity contribution is -0.138. The Kier molecular flexibility index (Phi) is 4.23. The van der Waals surface area contributed by atoms with Crippen LogP contribution in [-0.4, -0.2) is 20.9 Å². The number of carbonyl (C=O) groups is 1. The van der Waals surface area contributed by atoms with Crippen molar-refractivity contribution in [3.63, 3.8) is 0 Å². The van der Waals surface area contributed by atoms with E-state index in [9.17, 15) is 14.3 Å². The number of halogens is 2. The van der Waals surface area contributed by atoms with Gasteiger partial charge in [0.2, 0.25) is 0 Å². The van der Waals surface area contributed by atoms with Gasteiger partial charge in [-0.25, -0.2) is 9.18 Å². The summed E-state index contributed by atoms with van der Waals surface area (Å²) >= 11 is 2.98. The number of aliphatic carboxylic acids is 1. The summed E-state index contributed by atoms with van der Waals surface area (Å²) in [6.07, 6.45) is 2.92. The van der Waals surface area contributed by atoms with Crippen LogP contribution in [0.5, 0.6) is 0 Å². The van der Waals surface area contributed by atoms with Crippen molar-refractivity contribution < 1.29 is 14.3 Å². The molecule has 1 aromatic heterocycles. The number of hydrogen-bond donors (Lipinski definition) is 2. The molecule has 2 aromatic rings. The standard InChI is InChI=1S/C13H10BrFN4O2/c1-19-6-8(5-17-19)12(13(20)21)18-9-3-2-7(4-16)10(14)11(9)15/h2-3,5-6,12,18H,1H3,(H,20,21). The molecule has 0 saturated heterocycles. The van der Waals surface area contributed by atoms with E-state index in [2.05, 4.69) is 26.3 Å². The van der Waals surface area contributed by atoms with Crippen molar-refractivity contribution >= 4 is 27.6 Å². The van der Waals surface area contributed by atoms with Crippen LogP contribution in [0.4, 0.5) is 10.1 Å². The van der Waals surface area contributed by atoms with Gasteiger partial charge in [-0.05, 0) is 28.1 Å². The first-order valence-electron chi connectivity index (χ1n) is 5.80. The Morgan fingerprint density at radius 1 is 1.62 bits per heavy atom. The minimum Gasteiger partial charge on any atom is -0.479 e. The van der Waals surface area contributed by atoms with Crippen molar-refractivity contribution in [1.82, 2.24) is 9.78 Å². The average Bonchev–Trinajstić information content (AvgIpc) is 2.86. The summed E-state index contributed by atoms with van der Waals surface area (Å²) in [5.74, 6) is -1.88. The average molecular weight is 353 g/mol. The van der Waals surface area contributed by atoms with Crippen molar-refractivity contribution in [2.24, 2.45) is 7.05 Å². The molecule has 0 bridgehead atoms. The fourth-order valence-corrected chi connectivity index (χ4v) is 2.21. The topological polar surface area (TPSA) is 90.9 Å². The highest BCUT2D eigenvalue weighted by Crippen LogP contribution is 2.29. The number of carboxylic acid groups (broad SMARTS) is 1. The third-order valence-electron chi connectivity index (χ3n) is 2.81. The zero-order valence-corrected chi connectivity index (χ0v) is 12.4. The molecule has 1 aromatic carbocycles. The fourth-order valence-electron chi connectivity index (χ4n) is 1.78. The Hall–Kier alpha value is -2.40. The van der Waals surface area contributed by atoms with E-state index in [4.69, 9.17) is 5.26 Å². The van der Waals surface area contributed by atoms with Gasteiger partial charge in [0, 0.05) is 18.8 Å². The molecule has 2 N–H and O–H groups in total. The van der Waals surface area contributed by atoms with E-state index in [-0.39, 0.29) is 15.7 Å². The van der Waals surface area contributed by atoms with Gasteiger partial charge in [-0.3, -0.25) is 4.68 Å². The molecule has 2 rings (SSSR count). The summed E-state index contributed by atoms with van der Waals surface area (Å²) in [5.41, 5.74) is 0.508. The Balaban J connectivity index is 2.37. The molecular weight excluding hydrogens is 343 g/mol. The summed E-state index contributed by atoms with van der Waals surface area (Å²) in [6.45, 7) is 0. The smallest absolute Gasteiger partial charge is 0.330 e. The van der Waals surface area contributed by atoms with Gasteiger partial charge in [0.25, 0.3) is 0 Å². The number of anilines is 1. The van der Waals surface area contributed by atoms with Crippen LogP contribution in [0.25, 0.3) is 0 Å². The quantitative estimate of drug-likeness (QED) is 0.881. The maximum Gasteiger partial charge on any atom is 0.330 e. The summed E-state index contributed by atoms with van der Waals surface area (Å²) in [6, 6.07) is 3.41. The SMILES string of the molecule is Cn1cc(C(Nc2ccc(C#N)c(Br)c2F)C(=O)O)cn1. The van der Waals surface area contributed by atoms with Crippen molar-refractivity contribution in [3.05, 3.63) is 45.9 Å².